The van der Waals surface area contributed by atoms with E-state index in [1.807, 2.05) is 28.9 Å². The van der Waals surface area contributed by atoms with E-state index in [1.165, 1.54) is 0 Å². The van der Waals surface area contributed by atoms with Crippen molar-refractivity contribution in [3.63, 3.8) is 0 Å². The summed E-state index contributed by atoms with van der Waals surface area (Å²) in [7, 11) is 0. The lowest BCUT2D eigenvalue weighted by Gasteiger charge is -2.21. The summed E-state index contributed by atoms with van der Waals surface area (Å²) >= 11 is 9.79. The molecule has 0 radical (unpaired) electrons. The Bertz CT molecular complexity index is 568. The molecule has 2 rings (SSSR count). The molecule has 1 unspecified atom stereocenters. The van der Waals surface area contributed by atoms with Gasteiger partial charge in [0.05, 0.1) is 22.4 Å². The van der Waals surface area contributed by atoms with Crippen molar-refractivity contribution in [1.29, 1.82) is 0 Å². The first kappa shape index (κ1) is 14.5. The molecule has 0 spiro atoms. The van der Waals surface area contributed by atoms with Gasteiger partial charge in [0.2, 0.25) is 0 Å². The number of hydrazine groups is 1. The smallest absolute Gasteiger partial charge is 0.0904 e. The van der Waals surface area contributed by atoms with Crippen LogP contribution >= 0.6 is 27.5 Å². The average molecular weight is 344 g/mol. The molecule has 1 aromatic heterocycles. The minimum absolute atomic E-state index is 0.215. The molecule has 102 valence electrons. The third-order valence-corrected chi connectivity index (χ3v) is 3.89. The van der Waals surface area contributed by atoms with Crippen molar-refractivity contribution in [2.75, 3.05) is 0 Å². The Labute approximate surface area is 126 Å². The van der Waals surface area contributed by atoms with E-state index in [4.69, 9.17) is 17.4 Å². The van der Waals surface area contributed by atoms with Crippen LogP contribution in [0.15, 0.2) is 34.9 Å². The van der Waals surface area contributed by atoms with Crippen LogP contribution in [0.5, 0.6) is 0 Å². The van der Waals surface area contributed by atoms with Crippen LogP contribution in [0.2, 0.25) is 5.02 Å². The highest BCUT2D eigenvalue weighted by molar-refractivity contribution is 9.10. The number of nitrogens with two attached hydrogens (primary N) is 1. The maximum atomic E-state index is 6.26. The van der Waals surface area contributed by atoms with E-state index >= 15 is 0 Å². The van der Waals surface area contributed by atoms with Crippen LogP contribution in [0.25, 0.3) is 0 Å². The van der Waals surface area contributed by atoms with Crippen LogP contribution in [-0.2, 0) is 0 Å². The van der Waals surface area contributed by atoms with Crippen molar-refractivity contribution in [1.82, 2.24) is 15.2 Å². The van der Waals surface area contributed by atoms with Gasteiger partial charge in [-0.15, -0.1) is 0 Å². The number of hydrogen-bond donors (Lipinski definition) is 2. The molecule has 0 amide bonds. The molecule has 6 heteroatoms. The van der Waals surface area contributed by atoms with Gasteiger partial charge in [-0.2, -0.15) is 5.10 Å². The Morgan fingerprint density at radius 1 is 1.37 bits per heavy atom. The maximum absolute atomic E-state index is 6.26. The van der Waals surface area contributed by atoms with Gasteiger partial charge in [-0.1, -0.05) is 29.8 Å². The first-order valence-electron chi connectivity index (χ1n) is 5.99. The van der Waals surface area contributed by atoms with E-state index in [-0.39, 0.29) is 12.1 Å². The van der Waals surface area contributed by atoms with Crippen LogP contribution < -0.4 is 11.3 Å². The summed E-state index contributed by atoms with van der Waals surface area (Å²) in [4.78, 5) is 0. The van der Waals surface area contributed by atoms with Gasteiger partial charge in [0.1, 0.15) is 0 Å². The number of halogens is 2. The highest BCUT2D eigenvalue weighted by atomic mass is 79.9. The van der Waals surface area contributed by atoms with Crippen LogP contribution in [-0.4, -0.2) is 9.78 Å². The average Bonchev–Trinajstić information content (AvgIpc) is 2.75. The molecule has 0 aliphatic rings. The standard InChI is InChI=1S/C13H16BrClN4/c1-8(2)19-13(10(14)7-17-19)12(18-16)9-5-3-4-6-11(9)15/h3-8,12,18H,16H2,1-2H3. The molecule has 0 aliphatic heterocycles. The summed E-state index contributed by atoms with van der Waals surface area (Å²) in [5, 5.41) is 5.05. The summed E-state index contributed by atoms with van der Waals surface area (Å²) in [6.45, 7) is 4.15. The quantitative estimate of drug-likeness (QED) is 0.660. The molecule has 4 nitrogen and oxygen atoms in total. The molecule has 0 aliphatic carbocycles. The third kappa shape index (κ3) is 2.84. The fourth-order valence-electron chi connectivity index (χ4n) is 2.06. The zero-order valence-electron chi connectivity index (χ0n) is 10.8. The lowest BCUT2D eigenvalue weighted by molar-refractivity contribution is 0.475. The highest BCUT2D eigenvalue weighted by Crippen LogP contribution is 2.33. The largest absolute Gasteiger partial charge is 0.271 e. The summed E-state index contributed by atoms with van der Waals surface area (Å²) < 4.78 is 2.84. The molecule has 1 heterocycles. The second-order valence-electron chi connectivity index (χ2n) is 4.54. The Hall–Kier alpha value is -0.880. The molecule has 2 aromatic rings. The van der Waals surface area contributed by atoms with Crippen molar-refractivity contribution in [2.24, 2.45) is 5.84 Å². The van der Waals surface area contributed by atoms with E-state index < -0.39 is 0 Å². The summed E-state index contributed by atoms with van der Waals surface area (Å²) in [5.74, 6) is 5.73. The van der Waals surface area contributed by atoms with Gasteiger partial charge in [0, 0.05) is 11.1 Å². The van der Waals surface area contributed by atoms with E-state index in [9.17, 15) is 0 Å². The monoisotopic (exact) mass is 342 g/mol. The van der Waals surface area contributed by atoms with Gasteiger partial charge in [-0.3, -0.25) is 10.5 Å². The van der Waals surface area contributed by atoms with Crippen LogP contribution in [0.4, 0.5) is 0 Å². The SMILES string of the molecule is CC(C)n1ncc(Br)c1C(NN)c1ccccc1Cl. The predicted molar refractivity (Wildman–Crippen MR) is 80.9 cm³/mol. The van der Waals surface area contributed by atoms with Gasteiger partial charge >= 0.3 is 0 Å². The summed E-state index contributed by atoms with van der Waals surface area (Å²) in [6, 6.07) is 7.67. The number of aromatic nitrogens is 2. The molecular formula is C13H16BrClN4. The minimum atomic E-state index is -0.215. The van der Waals surface area contributed by atoms with Gasteiger partial charge in [0.25, 0.3) is 0 Å². The Balaban J connectivity index is 2.55. The van der Waals surface area contributed by atoms with E-state index in [0.29, 0.717) is 5.02 Å². The number of benzene rings is 1. The van der Waals surface area contributed by atoms with Gasteiger partial charge in [-0.25, -0.2) is 5.43 Å². The number of hydrogen-bond acceptors (Lipinski definition) is 3. The Morgan fingerprint density at radius 2 is 2.05 bits per heavy atom. The third-order valence-electron chi connectivity index (χ3n) is 2.93. The zero-order chi connectivity index (χ0) is 14.0. The van der Waals surface area contributed by atoms with E-state index in [2.05, 4.69) is 40.3 Å². The first-order valence-corrected chi connectivity index (χ1v) is 7.16. The fourth-order valence-corrected chi connectivity index (χ4v) is 2.80. The predicted octanol–water partition coefficient (Wildman–Crippen LogP) is 3.43. The van der Waals surface area contributed by atoms with E-state index in [1.54, 1.807) is 6.20 Å². The lowest BCUT2D eigenvalue weighted by atomic mass is 10.0. The van der Waals surface area contributed by atoms with E-state index in [0.717, 1.165) is 15.7 Å². The second-order valence-corrected chi connectivity index (χ2v) is 5.80. The summed E-state index contributed by atoms with van der Waals surface area (Å²) in [5.41, 5.74) is 4.71. The molecule has 0 saturated carbocycles. The van der Waals surface area contributed by atoms with Crippen molar-refractivity contribution < 1.29 is 0 Å². The van der Waals surface area contributed by atoms with Crippen molar-refractivity contribution >= 4 is 27.5 Å². The number of nitrogens with zero attached hydrogens (tertiary/aromatic N) is 2. The molecule has 0 bridgehead atoms. The van der Waals surface area contributed by atoms with Crippen LogP contribution in [0.3, 0.4) is 0 Å². The molecule has 1 aromatic carbocycles. The molecule has 1 atom stereocenters. The Kier molecular flexibility index (Phi) is 4.62. The Morgan fingerprint density at radius 3 is 2.63 bits per heavy atom. The lowest BCUT2D eigenvalue weighted by Crippen LogP contribution is -2.31. The van der Waals surface area contributed by atoms with Crippen molar-refractivity contribution in [2.45, 2.75) is 25.9 Å². The normalized spacial score (nSPS) is 12.9. The van der Waals surface area contributed by atoms with Crippen LogP contribution in [0, 0.1) is 0 Å². The fraction of sp³-hybridized carbons (Fsp3) is 0.308. The van der Waals surface area contributed by atoms with Crippen molar-refractivity contribution in [3.8, 4) is 0 Å². The van der Waals surface area contributed by atoms with Crippen LogP contribution in [0.1, 0.15) is 37.2 Å². The zero-order valence-corrected chi connectivity index (χ0v) is 13.1. The second kappa shape index (κ2) is 6.05. The minimum Gasteiger partial charge on any atom is -0.271 e. The van der Waals surface area contributed by atoms with Gasteiger partial charge in [0.15, 0.2) is 0 Å². The number of rotatable bonds is 4. The van der Waals surface area contributed by atoms with Crippen molar-refractivity contribution in [3.05, 3.63) is 51.2 Å². The van der Waals surface area contributed by atoms with Gasteiger partial charge in [-0.05, 0) is 41.4 Å². The first-order chi connectivity index (χ1) is 9.06. The molecular weight excluding hydrogens is 328 g/mol. The summed E-state index contributed by atoms with van der Waals surface area (Å²) in [6.07, 6.45) is 1.77. The topological polar surface area (TPSA) is 55.9 Å². The molecule has 0 fully saturated rings. The molecule has 0 saturated heterocycles. The molecule has 19 heavy (non-hydrogen) atoms. The maximum Gasteiger partial charge on any atom is 0.0904 e. The number of nitrogens with one attached hydrogen (secondary N) is 1. The molecule has 3 N–H and O–H groups in total. The van der Waals surface area contributed by atoms with Gasteiger partial charge < -0.3 is 0 Å². The highest BCUT2D eigenvalue weighted by Gasteiger charge is 2.23.